The average molecular weight is 495 g/mol. The third kappa shape index (κ3) is 5.42. The molecule has 4 rings (SSSR count). The summed E-state index contributed by atoms with van der Waals surface area (Å²) in [6.45, 7) is 5.60. The first-order valence-corrected chi connectivity index (χ1v) is 13.6. The van der Waals surface area contributed by atoms with Gasteiger partial charge in [-0.25, -0.2) is 0 Å². The maximum atomic E-state index is 12.9. The lowest BCUT2D eigenvalue weighted by Gasteiger charge is -2.32. The van der Waals surface area contributed by atoms with Crippen LogP contribution in [0.1, 0.15) is 43.4 Å². The molecule has 0 spiro atoms. The minimum Gasteiger partial charge on any atom is -0.378 e. The Labute approximate surface area is 208 Å². The van der Waals surface area contributed by atoms with Crippen molar-refractivity contribution >= 4 is 32.4 Å². The van der Waals surface area contributed by atoms with Crippen LogP contribution < -0.4 is 10.2 Å². The van der Waals surface area contributed by atoms with Crippen LogP contribution in [0.5, 0.6) is 0 Å². The minimum absolute atomic E-state index is 0.0475. The third-order valence-electron chi connectivity index (χ3n) is 6.85. The lowest BCUT2D eigenvalue weighted by atomic mass is 9.95. The highest BCUT2D eigenvalue weighted by atomic mass is 32.2. The summed E-state index contributed by atoms with van der Waals surface area (Å²) in [5.41, 5.74) is 4.70. The number of benzene rings is 2. The Morgan fingerprint density at radius 3 is 2.20 bits per heavy atom. The number of hydrogen-bond acceptors (Lipinski definition) is 5. The Morgan fingerprint density at radius 2 is 1.63 bits per heavy atom. The molecule has 1 saturated heterocycles. The van der Waals surface area contributed by atoms with E-state index in [0.29, 0.717) is 49.4 Å². The highest BCUT2D eigenvalue weighted by molar-refractivity contribution is 8.00. The highest BCUT2D eigenvalue weighted by Gasteiger charge is 2.35. The van der Waals surface area contributed by atoms with Crippen molar-refractivity contribution in [2.75, 3.05) is 32.1 Å². The first kappa shape index (κ1) is 25.0. The Hall–Kier alpha value is -3.13. The van der Waals surface area contributed by atoms with Crippen LogP contribution >= 0.6 is 0 Å². The normalized spacial score (nSPS) is 17.9. The van der Waals surface area contributed by atoms with Crippen molar-refractivity contribution in [3.8, 4) is 0 Å². The van der Waals surface area contributed by atoms with Gasteiger partial charge in [0.15, 0.2) is 0 Å². The molecular weight excluding hydrogens is 460 g/mol. The Kier molecular flexibility index (Phi) is 7.31. The number of rotatable bonds is 6. The van der Waals surface area contributed by atoms with Crippen molar-refractivity contribution in [2.24, 2.45) is 10.3 Å². The van der Waals surface area contributed by atoms with Crippen LogP contribution in [-0.2, 0) is 27.8 Å². The van der Waals surface area contributed by atoms with Gasteiger partial charge in [0.2, 0.25) is 5.91 Å². The number of anilines is 1. The molecule has 186 valence electrons. The fourth-order valence-corrected chi connectivity index (χ4v) is 6.16. The number of amidine groups is 1. The van der Waals surface area contributed by atoms with Crippen LogP contribution in [0.15, 0.2) is 58.5 Å². The zero-order valence-corrected chi connectivity index (χ0v) is 21.7. The van der Waals surface area contributed by atoms with Crippen molar-refractivity contribution in [2.45, 2.75) is 39.7 Å². The van der Waals surface area contributed by atoms with Gasteiger partial charge in [0.05, 0.1) is 0 Å². The van der Waals surface area contributed by atoms with E-state index in [0.717, 1.165) is 23.2 Å². The molecule has 0 unspecified atom stereocenters. The molecule has 2 aliphatic rings. The van der Waals surface area contributed by atoms with E-state index in [1.807, 2.05) is 79.3 Å². The predicted molar refractivity (Wildman–Crippen MR) is 142 cm³/mol. The molecule has 0 aliphatic carbocycles. The fourth-order valence-electron chi connectivity index (χ4n) is 4.67. The zero-order chi connectivity index (χ0) is 25.2. The summed E-state index contributed by atoms with van der Waals surface area (Å²) in [5, 5.41) is 3.05. The van der Waals surface area contributed by atoms with Gasteiger partial charge in [-0.15, -0.1) is 4.40 Å². The van der Waals surface area contributed by atoms with Gasteiger partial charge in [-0.1, -0.05) is 43.3 Å². The Bertz CT molecular complexity index is 1240. The van der Waals surface area contributed by atoms with E-state index in [1.54, 1.807) is 0 Å². The zero-order valence-electron chi connectivity index (χ0n) is 20.9. The van der Waals surface area contributed by atoms with E-state index in [9.17, 15) is 13.2 Å². The van der Waals surface area contributed by atoms with Gasteiger partial charge < -0.3 is 15.1 Å². The summed E-state index contributed by atoms with van der Waals surface area (Å²) < 4.78 is 29.9. The number of carbonyl (C=O) groups is 1. The standard InChI is InChI=1S/C27H34N4O3S/c1-5-20-6-10-22(11-7-20)25-19(2)26(29-35(25,33)34)31-16-14-23(15-17-31)27(32)28-18-21-8-12-24(13-9-21)30(3)4/h6-13,23H,5,14-18H2,1-4H3,(H,28,32). The third-order valence-corrected chi connectivity index (χ3v) is 8.32. The predicted octanol–water partition coefficient (Wildman–Crippen LogP) is 3.82. The van der Waals surface area contributed by atoms with Gasteiger partial charge in [0.25, 0.3) is 10.0 Å². The van der Waals surface area contributed by atoms with Crippen LogP contribution in [0.3, 0.4) is 0 Å². The largest absolute Gasteiger partial charge is 0.378 e. The summed E-state index contributed by atoms with van der Waals surface area (Å²) in [5.74, 6) is 0.474. The van der Waals surface area contributed by atoms with Gasteiger partial charge in [-0.3, -0.25) is 4.79 Å². The quantitative estimate of drug-likeness (QED) is 0.660. The monoisotopic (exact) mass is 494 g/mol. The van der Waals surface area contributed by atoms with E-state index >= 15 is 0 Å². The number of amides is 1. The van der Waals surface area contributed by atoms with Crippen molar-refractivity contribution in [1.82, 2.24) is 10.2 Å². The number of sulfonamides is 1. The van der Waals surface area contributed by atoms with E-state index < -0.39 is 10.0 Å². The second-order valence-electron chi connectivity index (χ2n) is 9.43. The Morgan fingerprint density at radius 1 is 1.03 bits per heavy atom. The van der Waals surface area contributed by atoms with Crippen LogP contribution in [0.4, 0.5) is 5.69 Å². The molecule has 2 heterocycles. The lowest BCUT2D eigenvalue weighted by molar-refractivity contribution is -0.126. The summed E-state index contributed by atoms with van der Waals surface area (Å²) in [6.07, 6.45) is 2.23. The van der Waals surface area contributed by atoms with Crippen molar-refractivity contribution < 1.29 is 13.2 Å². The summed E-state index contributed by atoms with van der Waals surface area (Å²) in [4.78, 5) is 17.1. The van der Waals surface area contributed by atoms with E-state index in [4.69, 9.17) is 0 Å². The SMILES string of the molecule is CCc1ccc(C2=C(C)C(N3CCC(C(=O)NCc4ccc(N(C)C)cc4)CC3)=NS2(=O)=O)cc1. The Balaban J connectivity index is 1.37. The van der Waals surface area contributed by atoms with Crippen molar-refractivity contribution in [1.29, 1.82) is 0 Å². The smallest absolute Gasteiger partial charge is 0.285 e. The average Bonchev–Trinajstić information content (AvgIpc) is 3.11. The molecule has 35 heavy (non-hydrogen) atoms. The second-order valence-corrected chi connectivity index (χ2v) is 11.0. The van der Waals surface area contributed by atoms with Crippen molar-refractivity contribution in [3.05, 3.63) is 70.8 Å². The number of likely N-dealkylation sites (tertiary alicyclic amines) is 1. The molecule has 0 bridgehead atoms. The van der Waals surface area contributed by atoms with E-state index in [-0.39, 0.29) is 16.7 Å². The van der Waals surface area contributed by atoms with Crippen LogP contribution in [-0.4, -0.2) is 52.2 Å². The molecule has 1 fully saturated rings. The summed E-state index contributed by atoms with van der Waals surface area (Å²) >= 11 is 0. The molecule has 1 N–H and O–H groups in total. The lowest BCUT2D eigenvalue weighted by Crippen LogP contribution is -2.43. The molecule has 8 heteroatoms. The van der Waals surface area contributed by atoms with Crippen molar-refractivity contribution in [3.63, 3.8) is 0 Å². The number of piperidine rings is 1. The first-order valence-electron chi connectivity index (χ1n) is 12.1. The maximum Gasteiger partial charge on any atom is 0.285 e. The number of carbonyl (C=O) groups excluding carboxylic acids is 1. The molecule has 2 aliphatic heterocycles. The molecule has 0 atom stereocenters. The number of aryl methyl sites for hydroxylation is 1. The molecule has 0 radical (unpaired) electrons. The molecule has 0 saturated carbocycles. The van der Waals surface area contributed by atoms with Gasteiger partial charge >= 0.3 is 0 Å². The summed E-state index contributed by atoms with van der Waals surface area (Å²) in [7, 11) is 0.253. The van der Waals surface area contributed by atoms with E-state index in [2.05, 4.69) is 16.6 Å². The van der Waals surface area contributed by atoms with Gasteiger partial charge in [0.1, 0.15) is 10.7 Å². The van der Waals surface area contributed by atoms with Crippen LogP contribution in [0, 0.1) is 5.92 Å². The second kappa shape index (κ2) is 10.2. The number of nitrogens with one attached hydrogen (secondary N) is 1. The number of nitrogens with zero attached hydrogens (tertiary/aromatic N) is 3. The molecule has 1 amide bonds. The van der Waals surface area contributed by atoms with Crippen LogP contribution in [0.2, 0.25) is 0 Å². The summed E-state index contributed by atoms with van der Waals surface area (Å²) in [6, 6.07) is 15.8. The maximum absolute atomic E-state index is 12.9. The van der Waals surface area contributed by atoms with Crippen LogP contribution in [0.25, 0.3) is 4.91 Å². The fraction of sp³-hybridized carbons (Fsp3) is 0.407. The molecule has 7 nitrogen and oxygen atoms in total. The molecule has 2 aromatic carbocycles. The molecule has 0 aromatic heterocycles. The number of hydrogen-bond donors (Lipinski definition) is 1. The van der Waals surface area contributed by atoms with Gasteiger partial charge in [-0.05, 0) is 55.0 Å². The topological polar surface area (TPSA) is 82.1 Å². The van der Waals surface area contributed by atoms with E-state index in [1.165, 1.54) is 0 Å². The van der Waals surface area contributed by atoms with Gasteiger partial charge in [0, 0.05) is 50.9 Å². The highest BCUT2D eigenvalue weighted by Crippen LogP contribution is 2.35. The molecule has 2 aromatic rings. The minimum atomic E-state index is -3.74. The first-order chi connectivity index (χ1) is 16.7. The van der Waals surface area contributed by atoms with Gasteiger partial charge in [-0.2, -0.15) is 8.42 Å². The molecular formula is C27H34N4O3S.